The van der Waals surface area contributed by atoms with Crippen molar-refractivity contribution in [2.24, 2.45) is 0 Å². The third-order valence-corrected chi connectivity index (χ3v) is 2.97. The lowest BCUT2D eigenvalue weighted by Crippen LogP contribution is -2.28. The van der Waals surface area contributed by atoms with Gasteiger partial charge < -0.3 is 14.8 Å². The maximum Gasteiger partial charge on any atom is 0.0971 e. The van der Waals surface area contributed by atoms with E-state index < -0.39 is 0 Å². The molecule has 2 atom stereocenters. The zero-order valence-corrected chi connectivity index (χ0v) is 10.7. The second-order valence-electron chi connectivity index (χ2n) is 4.27. The Labute approximate surface area is 98.6 Å². The van der Waals surface area contributed by atoms with E-state index in [0.717, 1.165) is 32.7 Å². The summed E-state index contributed by atoms with van der Waals surface area (Å²) >= 11 is 0. The Balaban J connectivity index is 2.31. The Morgan fingerprint density at radius 2 is 1.88 bits per heavy atom. The summed E-state index contributed by atoms with van der Waals surface area (Å²) in [4.78, 5) is 2.34. The number of methoxy groups -OCH3 is 2. The summed E-state index contributed by atoms with van der Waals surface area (Å²) in [6, 6.07) is 0. The van der Waals surface area contributed by atoms with Gasteiger partial charge in [-0.25, -0.2) is 0 Å². The van der Waals surface area contributed by atoms with E-state index in [1.165, 1.54) is 5.57 Å². The van der Waals surface area contributed by atoms with Crippen LogP contribution in [0.1, 0.15) is 6.92 Å². The molecule has 0 spiro atoms. The van der Waals surface area contributed by atoms with Gasteiger partial charge in [0.2, 0.25) is 0 Å². The molecule has 1 aliphatic rings. The molecule has 0 amide bonds. The first-order chi connectivity index (χ1) is 7.71. The molecular formula is C12H24N2O2. The van der Waals surface area contributed by atoms with Gasteiger partial charge in [-0.3, -0.25) is 4.90 Å². The van der Waals surface area contributed by atoms with Crippen LogP contribution in [0, 0.1) is 0 Å². The van der Waals surface area contributed by atoms with Crippen LogP contribution in [0.25, 0.3) is 0 Å². The molecule has 1 rings (SSSR count). The first kappa shape index (κ1) is 13.6. The molecule has 0 bridgehead atoms. The second-order valence-corrected chi connectivity index (χ2v) is 4.27. The van der Waals surface area contributed by atoms with E-state index in [2.05, 4.69) is 23.7 Å². The van der Waals surface area contributed by atoms with E-state index in [1.807, 2.05) is 0 Å². The average Bonchev–Trinajstić information content (AvgIpc) is 2.68. The summed E-state index contributed by atoms with van der Waals surface area (Å²) in [7, 11) is 3.49. The van der Waals surface area contributed by atoms with Crippen LogP contribution in [0.4, 0.5) is 0 Å². The Morgan fingerprint density at radius 1 is 1.31 bits per heavy atom. The molecule has 0 aromatic rings. The van der Waals surface area contributed by atoms with Crippen molar-refractivity contribution < 1.29 is 9.47 Å². The number of nitrogens with one attached hydrogen (secondary N) is 1. The third kappa shape index (κ3) is 3.87. The van der Waals surface area contributed by atoms with E-state index in [4.69, 9.17) is 9.47 Å². The zero-order chi connectivity index (χ0) is 12.0. The van der Waals surface area contributed by atoms with Crippen LogP contribution in [-0.2, 0) is 9.47 Å². The summed E-state index contributed by atoms with van der Waals surface area (Å²) < 4.78 is 10.8. The fraction of sp³-hybridized carbons (Fsp3) is 0.833. The van der Waals surface area contributed by atoms with Crippen molar-refractivity contribution in [3.05, 3.63) is 12.2 Å². The second kappa shape index (κ2) is 7.01. The molecule has 1 saturated heterocycles. The first-order valence-electron chi connectivity index (χ1n) is 5.86. The van der Waals surface area contributed by atoms with E-state index >= 15 is 0 Å². The van der Waals surface area contributed by atoms with Crippen LogP contribution in [0.2, 0.25) is 0 Å². The number of likely N-dealkylation sites (tertiary alicyclic amines) is 1. The van der Waals surface area contributed by atoms with Gasteiger partial charge in [0.25, 0.3) is 0 Å². The molecule has 1 heterocycles. The minimum absolute atomic E-state index is 0.192. The minimum atomic E-state index is 0.192. The van der Waals surface area contributed by atoms with Crippen LogP contribution in [0.3, 0.4) is 0 Å². The molecular weight excluding hydrogens is 204 g/mol. The monoisotopic (exact) mass is 228 g/mol. The molecule has 16 heavy (non-hydrogen) atoms. The normalized spacial score (nSPS) is 26.2. The smallest absolute Gasteiger partial charge is 0.0971 e. The van der Waals surface area contributed by atoms with Gasteiger partial charge in [0, 0.05) is 40.4 Å². The number of hydrogen-bond acceptors (Lipinski definition) is 4. The maximum absolute atomic E-state index is 5.40. The summed E-state index contributed by atoms with van der Waals surface area (Å²) in [6.45, 7) is 10.8. The lowest BCUT2D eigenvalue weighted by Gasteiger charge is -2.16. The predicted molar refractivity (Wildman–Crippen MR) is 65.7 cm³/mol. The fourth-order valence-electron chi connectivity index (χ4n) is 2.07. The van der Waals surface area contributed by atoms with Crippen molar-refractivity contribution in [2.75, 3.05) is 46.9 Å². The molecule has 2 unspecified atom stereocenters. The van der Waals surface area contributed by atoms with Gasteiger partial charge in [-0.15, -0.1) is 0 Å². The highest BCUT2D eigenvalue weighted by atomic mass is 16.5. The molecule has 1 aliphatic heterocycles. The summed E-state index contributed by atoms with van der Waals surface area (Å²) in [5, 5.41) is 3.28. The largest absolute Gasteiger partial charge is 0.377 e. The number of hydrogen-bond donors (Lipinski definition) is 1. The van der Waals surface area contributed by atoms with Gasteiger partial charge >= 0.3 is 0 Å². The molecule has 1 fully saturated rings. The zero-order valence-electron chi connectivity index (χ0n) is 10.7. The Kier molecular flexibility index (Phi) is 5.98. The molecule has 0 radical (unpaired) electrons. The van der Waals surface area contributed by atoms with E-state index in [9.17, 15) is 0 Å². The minimum Gasteiger partial charge on any atom is -0.377 e. The van der Waals surface area contributed by atoms with Crippen molar-refractivity contribution in [3.63, 3.8) is 0 Å². The quantitative estimate of drug-likeness (QED) is 0.643. The number of likely N-dealkylation sites (N-methyl/N-ethyl adjacent to an activating group) is 1. The molecule has 0 aromatic heterocycles. The predicted octanol–water partition coefficient (Wildman–Crippen LogP) is 0.498. The molecule has 1 N–H and O–H groups in total. The van der Waals surface area contributed by atoms with Gasteiger partial charge in [-0.05, 0) is 12.1 Å². The van der Waals surface area contributed by atoms with Crippen molar-refractivity contribution in [2.45, 2.75) is 19.1 Å². The molecule has 0 aliphatic carbocycles. The van der Waals surface area contributed by atoms with Crippen LogP contribution < -0.4 is 5.32 Å². The van der Waals surface area contributed by atoms with E-state index in [-0.39, 0.29) is 12.2 Å². The summed E-state index contributed by atoms with van der Waals surface area (Å²) in [6.07, 6.45) is 0.383. The van der Waals surface area contributed by atoms with E-state index in [0.29, 0.717) is 0 Å². The molecule has 4 nitrogen and oxygen atoms in total. The average molecular weight is 228 g/mol. The highest BCUT2D eigenvalue weighted by Crippen LogP contribution is 2.16. The Hall–Kier alpha value is -0.420. The van der Waals surface area contributed by atoms with Crippen molar-refractivity contribution >= 4 is 0 Å². The number of rotatable bonds is 7. The standard InChI is InChI=1S/C12H24N2O2/c1-5-13-6-10(2)7-14-8-11(15-3)12(9-14)16-4/h11-13H,2,5-9H2,1,3-4H3. The van der Waals surface area contributed by atoms with Crippen molar-refractivity contribution in [1.82, 2.24) is 10.2 Å². The summed E-state index contributed by atoms with van der Waals surface area (Å²) in [5.41, 5.74) is 1.22. The van der Waals surface area contributed by atoms with Crippen LogP contribution in [-0.4, -0.2) is 64.1 Å². The fourth-order valence-corrected chi connectivity index (χ4v) is 2.07. The SMILES string of the molecule is C=C(CNCC)CN1CC(OC)C(OC)C1. The third-order valence-electron chi connectivity index (χ3n) is 2.97. The van der Waals surface area contributed by atoms with Crippen molar-refractivity contribution in [1.29, 1.82) is 0 Å². The van der Waals surface area contributed by atoms with E-state index in [1.54, 1.807) is 14.2 Å². The topological polar surface area (TPSA) is 33.7 Å². The first-order valence-corrected chi connectivity index (χ1v) is 5.86. The Bertz CT molecular complexity index is 209. The van der Waals surface area contributed by atoms with Gasteiger partial charge in [-0.1, -0.05) is 13.5 Å². The van der Waals surface area contributed by atoms with Crippen LogP contribution in [0.5, 0.6) is 0 Å². The lowest BCUT2D eigenvalue weighted by atomic mass is 10.3. The highest BCUT2D eigenvalue weighted by molar-refractivity contribution is 5.02. The van der Waals surface area contributed by atoms with Crippen molar-refractivity contribution in [3.8, 4) is 0 Å². The maximum atomic E-state index is 5.40. The van der Waals surface area contributed by atoms with Gasteiger partial charge in [0.15, 0.2) is 0 Å². The highest BCUT2D eigenvalue weighted by Gasteiger charge is 2.32. The van der Waals surface area contributed by atoms with Crippen LogP contribution >= 0.6 is 0 Å². The van der Waals surface area contributed by atoms with Gasteiger partial charge in [0.05, 0.1) is 12.2 Å². The Morgan fingerprint density at radius 3 is 2.31 bits per heavy atom. The van der Waals surface area contributed by atoms with Crippen LogP contribution in [0.15, 0.2) is 12.2 Å². The number of ether oxygens (including phenoxy) is 2. The molecule has 0 saturated carbocycles. The van der Waals surface area contributed by atoms with Gasteiger partial charge in [0.1, 0.15) is 0 Å². The summed E-state index contributed by atoms with van der Waals surface area (Å²) in [5.74, 6) is 0. The number of nitrogens with zero attached hydrogens (tertiary/aromatic N) is 1. The molecule has 0 aromatic carbocycles. The molecule has 4 heteroatoms. The van der Waals surface area contributed by atoms with Gasteiger partial charge in [-0.2, -0.15) is 0 Å². The molecule has 94 valence electrons. The lowest BCUT2D eigenvalue weighted by molar-refractivity contribution is -0.00461.